The van der Waals surface area contributed by atoms with Gasteiger partial charge in [-0.1, -0.05) is 0 Å². The van der Waals surface area contributed by atoms with Crippen molar-refractivity contribution in [3.05, 3.63) is 29.6 Å². The van der Waals surface area contributed by atoms with Gasteiger partial charge in [-0.2, -0.15) is 5.10 Å². The van der Waals surface area contributed by atoms with Crippen LogP contribution in [0.5, 0.6) is 0 Å². The molecule has 0 aliphatic heterocycles. The smallest absolute Gasteiger partial charge is 0.258 e. The van der Waals surface area contributed by atoms with Crippen LogP contribution in [0.4, 0.5) is 0 Å². The molecule has 8 nitrogen and oxygen atoms in total. The van der Waals surface area contributed by atoms with Gasteiger partial charge in [0.1, 0.15) is 5.76 Å². The highest BCUT2D eigenvalue weighted by Crippen LogP contribution is 2.12. The van der Waals surface area contributed by atoms with Crippen molar-refractivity contribution in [2.24, 2.45) is 0 Å². The third-order valence-corrected chi connectivity index (χ3v) is 3.81. The van der Waals surface area contributed by atoms with E-state index in [0.29, 0.717) is 23.8 Å². The molecule has 0 unspecified atom stereocenters. The van der Waals surface area contributed by atoms with Gasteiger partial charge >= 0.3 is 0 Å². The van der Waals surface area contributed by atoms with Gasteiger partial charge in [0.25, 0.3) is 10.0 Å². The van der Waals surface area contributed by atoms with Gasteiger partial charge in [-0.3, -0.25) is 5.10 Å². The summed E-state index contributed by atoms with van der Waals surface area (Å²) in [5, 5.41) is 9.15. The Morgan fingerprint density at radius 3 is 2.79 bits per heavy atom. The van der Waals surface area contributed by atoms with Gasteiger partial charge in [0.05, 0.1) is 18.9 Å². The van der Waals surface area contributed by atoms with E-state index in [-0.39, 0.29) is 11.6 Å². The van der Waals surface area contributed by atoms with Crippen LogP contribution < -0.4 is 10.0 Å². The van der Waals surface area contributed by atoms with Gasteiger partial charge < -0.3 is 9.73 Å². The van der Waals surface area contributed by atoms with Crippen LogP contribution in [0.3, 0.4) is 0 Å². The van der Waals surface area contributed by atoms with Crippen LogP contribution in [0, 0.1) is 6.92 Å². The Balaban J connectivity index is 2.11. The van der Waals surface area contributed by atoms with Crippen LogP contribution in [-0.4, -0.2) is 30.6 Å². The number of aromatic nitrogens is 3. The first-order valence-corrected chi connectivity index (χ1v) is 7.09. The van der Waals surface area contributed by atoms with E-state index in [2.05, 4.69) is 25.2 Å². The van der Waals surface area contributed by atoms with Gasteiger partial charge in [0.2, 0.25) is 5.89 Å². The Hall–Kier alpha value is -1.71. The zero-order valence-corrected chi connectivity index (χ0v) is 11.4. The lowest BCUT2D eigenvalue weighted by Crippen LogP contribution is -2.25. The van der Waals surface area contributed by atoms with Crippen LogP contribution in [0.25, 0.3) is 0 Å². The molecule has 3 N–H and O–H groups in total. The molecule has 0 bridgehead atoms. The summed E-state index contributed by atoms with van der Waals surface area (Å²) in [6.45, 7) is 2.14. The lowest BCUT2D eigenvalue weighted by atomic mass is 10.4. The Morgan fingerprint density at radius 1 is 1.37 bits per heavy atom. The highest BCUT2D eigenvalue weighted by Gasteiger charge is 2.20. The lowest BCUT2D eigenvalue weighted by molar-refractivity contribution is 0.463. The Morgan fingerprint density at radius 2 is 2.16 bits per heavy atom. The third kappa shape index (κ3) is 3.19. The van der Waals surface area contributed by atoms with Crippen LogP contribution in [0.1, 0.15) is 17.2 Å². The summed E-state index contributed by atoms with van der Waals surface area (Å²) in [6, 6.07) is 0. The molecule has 0 aliphatic rings. The summed E-state index contributed by atoms with van der Waals surface area (Å²) in [4.78, 5) is 3.93. The van der Waals surface area contributed by atoms with E-state index in [0.717, 1.165) is 0 Å². The minimum absolute atomic E-state index is 0.00577. The van der Waals surface area contributed by atoms with E-state index in [1.807, 2.05) is 0 Å². The molecule has 104 valence electrons. The lowest BCUT2D eigenvalue weighted by Gasteiger charge is -2.05. The van der Waals surface area contributed by atoms with Crippen molar-refractivity contribution in [2.75, 3.05) is 7.05 Å². The number of rotatable bonds is 6. The maximum absolute atomic E-state index is 12.1. The average Bonchev–Trinajstić information content (AvgIpc) is 2.97. The zero-order valence-electron chi connectivity index (χ0n) is 10.6. The van der Waals surface area contributed by atoms with Gasteiger partial charge in [-0.15, -0.1) is 0 Å². The van der Waals surface area contributed by atoms with E-state index < -0.39 is 10.0 Å². The highest BCUT2D eigenvalue weighted by atomic mass is 32.2. The number of nitrogens with zero attached hydrogens (tertiary/aromatic N) is 2. The molecule has 2 aromatic rings. The van der Waals surface area contributed by atoms with Gasteiger partial charge in [0, 0.05) is 12.1 Å². The average molecular weight is 285 g/mol. The number of H-pyrrole nitrogens is 1. The number of aryl methyl sites for hydroxylation is 1. The maximum atomic E-state index is 12.1. The van der Waals surface area contributed by atoms with Crippen LogP contribution in [-0.2, 0) is 23.1 Å². The second-order valence-corrected chi connectivity index (χ2v) is 5.65. The minimum Gasteiger partial charge on any atom is -0.445 e. The van der Waals surface area contributed by atoms with Gasteiger partial charge in [-0.05, 0) is 14.0 Å². The van der Waals surface area contributed by atoms with Crippen molar-refractivity contribution < 1.29 is 12.8 Å². The molecular formula is C10H15N5O3S. The first-order chi connectivity index (χ1) is 9.03. The fourth-order valence-corrected chi connectivity index (χ4v) is 2.66. The second-order valence-electron chi connectivity index (χ2n) is 3.94. The largest absolute Gasteiger partial charge is 0.445 e. The number of sulfonamides is 1. The zero-order chi connectivity index (χ0) is 13.9. The van der Waals surface area contributed by atoms with Gasteiger partial charge in [0.15, 0.2) is 5.03 Å². The summed E-state index contributed by atoms with van der Waals surface area (Å²) in [6.07, 6.45) is 3.01. The molecule has 2 aromatic heterocycles. The Labute approximate surface area is 110 Å². The summed E-state index contributed by atoms with van der Waals surface area (Å²) >= 11 is 0. The molecule has 0 saturated heterocycles. The number of hydrogen-bond donors (Lipinski definition) is 3. The summed E-state index contributed by atoms with van der Waals surface area (Å²) in [5.41, 5.74) is 0.568. The van der Waals surface area contributed by atoms with E-state index in [1.54, 1.807) is 14.0 Å². The fourth-order valence-electron chi connectivity index (χ4n) is 1.56. The number of aromatic amines is 1. The van der Waals surface area contributed by atoms with Crippen LogP contribution in [0.15, 0.2) is 21.8 Å². The van der Waals surface area contributed by atoms with Crippen LogP contribution >= 0.6 is 0 Å². The maximum Gasteiger partial charge on any atom is 0.258 e. The summed E-state index contributed by atoms with van der Waals surface area (Å²) in [7, 11) is -1.94. The van der Waals surface area contributed by atoms with Crippen molar-refractivity contribution >= 4 is 10.0 Å². The highest BCUT2D eigenvalue weighted by molar-refractivity contribution is 7.89. The molecule has 0 aromatic carbocycles. The molecule has 0 radical (unpaired) electrons. The predicted octanol–water partition coefficient (Wildman–Crippen LogP) is -0.0960. The molecule has 0 spiro atoms. The van der Waals surface area contributed by atoms with E-state index in [4.69, 9.17) is 4.42 Å². The van der Waals surface area contributed by atoms with Crippen molar-refractivity contribution in [3.8, 4) is 0 Å². The van der Waals surface area contributed by atoms with Crippen molar-refractivity contribution in [3.63, 3.8) is 0 Å². The Kier molecular flexibility index (Phi) is 3.98. The second kappa shape index (κ2) is 5.51. The van der Waals surface area contributed by atoms with Crippen molar-refractivity contribution in [2.45, 2.75) is 25.0 Å². The number of nitrogens with one attached hydrogen (secondary N) is 3. The normalized spacial score (nSPS) is 11.9. The van der Waals surface area contributed by atoms with E-state index in [9.17, 15) is 8.42 Å². The quantitative estimate of drug-likeness (QED) is 0.683. The van der Waals surface area contributed by atoms with Crippen LogP contribution in [0.2, 0.25) is 0 Å². The molecule has 0 amide bonds. The molecule has 2 heterocycles. The molecule has 0 saturated carbocycles. The monoisotopic (exact) mass is 285 g/mol. The molecule has 2 rings (SSSR count). The van der Waals surface area contributed by atoms with E-state index >= 15 is 0 Å². The van der Waals surface area contributed by atoms with E-state index in [1.165, 1.54) is 12.4 Å². The Bertz CT molecular complexity index is 646. The number of hydrogen-bond acceptors (Lipinski definition) is 6. The molecule has 9 heteroatoms. The van der Waals surface area contributed by atoms with Crippen molar-refractivity contribution in [1.82, 2.24) is 25.2 Å². The molecular weight excluding hydrogens is 270 g/mol. The third-order valence-electron chi connectivity index (χ3n) is 2.40. The molecule has 0 atom stereocenters. The molecule has 0 aliphatic carbocycles. The standard InChI is InChI=1S/C10H15N5O3S/c1-7-3-12-9(18-7)6-14-19(16,17)10-8(4-11-2)5-13-15-10/h3,5,11,14H,4,6H2,1-2H3,(H,13,15). The predicted molar refractivity (Wildman–Crippen MR) is 66.6 cm³/mol. The first-order valence-electron chi connectivity index (χ1n) is 5.61. The summed E-state index contributed by atoms with van der Waals surface area (Å²) in [5.74, 6) is 0.947. The SMILES string of the molecule is CNCc1cn[nH]c1S(=O)(=O)NCc1ncc(C)o1. The minimum atomic E-state index is -3.67. The summed E-state index contributed by atoms with van der Waals surface area (Å²) < 4.78 is 31.8. The molecule has 0 fully saturated rings. The van der Waals surface area contributed by atoms with Gasteiger partial charge in [-0.25, -0.2) is 18.1 Å². The topological polar surface area (TPSA) is 113 Å². The van der Waals surface area contributed by atoms with Crippen molar-refractivity contribution in [1.29, 1.82) is 0 Å². The fraction of sp³-hybridized carbons (Fsp3) is 0.400. The number of oxazole rings is 1. The molecule has 19 heavy (non-hydrogen) atoms. The first kappa shape index (κ1) is 13.7.